The molecule has 1 amide bonds. The number of piperidine rings is 1. The van der Waals surface area contributed by atoms with Crippen LogP contribution in [0.3, 0.4) is 0 Å². The van der Waals surface area contributed by atoms with Crippen LogP contribution in [0.15, 0.2) is 42.6 Å². The minimum Gasteiger partial charge on any atom is -0.497 e. The summed E-state index contributed by atoms with van der Waals surface area (Å²) in [6.07, 6.45) is 5.81. The number of likely N-dealkylation sites (N-methyl/N-ethyl adjacent to an activating group) is 1. The molecule has 0 bridgehead atoms. The Morgan fingerprint density at radius 3 is 2.75 bits per heavy atom. The Kier molecular flexibility index (Phi) is 7.25. The first-order valence-corrected chi connectivity index (χ1v) is 9.96. The highest BCUT2D eigenvalue weighted by atomic mass is 16.5. The Balaban J connectivity index is 1.40. The summed E-state index contributed by atoms with van der Waals surface area (Å²) in [6, 6.07) is 12.2. The number of methoxy groups -OCH3 is 1. The van der Waals surface area contributed by atoms with Crippen LogP contribution < -0.4 is 15.4 Å². The topological polar surface area (TPSA) is 66.5 Å². The third kappa shape index (κ3) is 5.96. The SMILES string of the molecule is COc1ccc(CCCNC(=O)c2ccc(N[C@@H]3CCCN(C)C3)nc2)cc1. The average Bonchev–Trinajstić information content (AvgIpc) is 2.72. The average molecular weight is 383 g/mol. The zero-order valence-corrected chi connectivity index (χ0v) is 16.8. The van der Waals surface area contributed by atoms with Crippen molar-refractivity contribution in [3.63, 3.8) is 0 Å². The summed E-state index contributed by atoms with van der Waals surface area (Å²) in [5, 5.41) is 6.43. The lowest BCUT2D eigenvalue weighted by atomic mass is 10.1. The van der Waals surface area contributed by atoms with Crippen molar-refractivity contribution in [2.45, 2.75) is 31.7 Å². The highest BCUT2D eigenvalue weighted by molar-refractivity contribution is 5.94. The number of hydrogen-bond acceptors (Lipinski definition) is 5. The first kappa shape index (κ1) is 20.1. The molecule has 1 saturated heterocycles. The largest absolute Gasteiger partial charge is 0.497 e. The molecule has 6 nitrogen and oxygen atoms in total. The van der Waals surface area contributed by atoms with E-state index in [2.05, 4.69) is 39.7 Å². The molecule has 1 aliphatic heterocycles. The van der Waals surface area contributed by atoms with Crippen LogP contribution in [0.4, 0.5) is 5.82 Å². The molecule has 2 aromatic rings. The number of aromatic nitrogens is 1. The van der Waals surface area contributed by atoms with Gasteiger partial charge in [-0.2, -0.15) is 0 Å². The van der Waals surface area contributed by atoms with E-state index >= 15 is 0 Å². The van der Waals surface area contributed by atoms with Gasteiger partial charge >= 0.3 is 0 Å². The Morgan fingerprint density at radius 2 is 2.07 bits per heavy atom. The second-order valence-corrected chi connectivity index (χ2v) is 7.39. The summed E-state index contributed by atoms with van der Waals surface area (Å²) in [5.74, 6) is 1.61. The second-order valence-electron chi connectivity index (χ2n) is 7.39. The Morgan fingerprint density at radius 1 is 1.25 bits per heavy atom. The molecule has 0 aliphatic carbocycles. The van der Waals surface area contributed by atoms with Gasteiger partial charge in [-0.1, -0.05) is 12.1 Å². The molecule has 1 aromatic heterocycles. The van der Waals surface area contributed by atoms with Gasteiger partial charge < -0.3 is 20.3 Å². The third-order valence-electron chi connectivity index (χ3n) is 5.09. The molecule has 2 N–H and O–H groups in total. The fourth-order valence-corrected chi connectivity index (χ4v) is 3.50. The van der Waals surface area contributed by atoms with Gasteiger partial charge in [0.05, 0.1) is 12.7 Å². The third-order valence-corrected chi connectivity index (χ3v) is 5.09. The maximum absolute atomic E-state index is 12.3. The molecule has 0 spiro atoms. The van der Waals surface area contributed by atoms with Crippen LogP contribution >= 0.6 is 0 Å². The number of nitrogens with zero attached hydrogens (tertiary/aromatic N) is 2. The van der Waals surface area contributed by atoms with E-state index in [9.17, 15) is 4.79 Å². The van der Waals surface area contributed by atoms with Gasteiger partial charge in [-0.25, -0.2) is 4.98 Å². The van der Waals surface area contributed by atoms with Gasteiger partial charge in [-0.3, -0.25) is 4.79 Å². The first-order chi connectivity index (χ1) is 13.6. The van der Waals surface area contributed by atoms with Crippen LogP contribution in [0, 0.1) is 0 Å². The summed E-state index contributed by atoms with van der Waals surface area (Å²) < 4.78 is 5.16. The van der Waals surface area contributed by atoms with E-state index in [0.29, 0.717) is 18.2 Å². The highest BCUT2D eigenvalue weighted by Gasteiger charge is 2.17. The summed E-state index contributed by atoms with van der Waals surface area (Å²) in [5.41, 5.74) is 1.83. The van der Waals surface area contributed by atoms with Crippen molar-refractivity contribution in [3.8, 4) is 5.75 Å². The summed E-state index contributed by atoms with van der Waals surface area (Å²) in [7, 11) is 3.81. The zero-order valence-electron chi connectivity index (χ0n) is 16.8. The molecule has 0 saturated carbocycles. The van der Waals surface area contributed by atoms with Gasteiger partial charge in [0.1, 0.15) is 11.6 Å². The summed E-state index contributed by atoms with van der Waals surface area (Å²) in [4.78, 5) is 19.0. The maximum atomic E-state index is 12.3. The minimum absolute atomic E-state index is 0.0776. The standard InChI is InChI=1S/C22H30N4O2/c1-26-14-4-6-19(16-26)25-21-12-9-18(15-24-21)22(27)23-13-3-5-17-7-10-20(28-2)11-8-17/h7-12,15,19H,3-6,13-14,16H2,1-2H3,(H,23,27)(H,24,25)/t19-/m1/s1. The highest BCUT2D eigenvalue weighted by Crippen LogP contribution is 2.14. The van der Waals surface area contributed by atoms with Crippen molar-refractivity contribution >= 4 is 11.7 Å². The lowest BCUT2D eigenvalue weighted by molar-refractivity contribution is 0.0953. The normalized spacial score (nSPS) is 17.1. The Labute approximate surface area is 167 Å². The van der Waals surface area contributed by atoms with Crippen LogP contribution in [0.25, 0.3) is 0 Å². The lowest BCUT2D eigenvalue weighted by Gasteiger charge is -2.30. The van der Waals surface area contributed by atoms with E-state index in [4.69, 9.17) is 4.74 Å². The molecule has 1 atom stereocenters. The number of aryl methyl sites for hydroxylation is 1. The van der Waals surface area contributed by atoms with Gasteiger partial charge in [-0.15, -0.1) is 0 Å². The number of nitrogens with one attached hydrogen (secondary N) is 2. The number of ether oxygens (including phenoxy) is 1. The van der Waals surface area contributed by atoms with E-state index in [0.717, 1.165) is 43.9 Å². The van der Waals surface area contributed by atoms with Gasteiger partial charge in [0.25, 0.3) is 5.91 Å². The second kappa shape index (κ2) is 10.1. The smallest absolute Gasteiger partial charge is 0.252 e. The zero-order chi connectivity index (χ0) is 19.8. The Bertz CT molecular complexity index is 746. The number of anilines is 1. The van der Waals surface area contributed by atoms with Crippen LogP contribution in [-0.2, 0) is 6.42 Å². The molecule has 0 unspecified atom stereocenters. The molecule has 2 heterocycles. The van der Waals surface area contributed by atoms with Crippen molar-refractivity contribution < 1.29 is 9.53 Å². The molecule has 28 heavy (non-hydrogen) atoms. The Hall–Kier alpha value is -2.60. The van der Waals surface area contributed by atoms with E-state index in [1.165, 1.54) is 12.0 Å². The first-order valence-electron chi connectivity index (χ1n) is 9.96. The molecule has 1 aromatic carbocycles. The van der Waals surface area contributed by atoms with E-state index < -0.39 is 0 Å². The molecule has 3 rings (SSSR count). The number of carbonyl (C=O) groups excluding carboxylic acids is 1. The van der Waals surface area contributed by atoms with Gasteiger partial charge in [-0.05, 0) is 69.1 Å². The lowest BCUT2D eigenvalue weighted by Crippen LogP contribution is -2.39. The molecule has 1 aliphatic rings. The molecule has 150 valence electrons. The molecule has 6 heteroatoms. The maximum Gasteiger partial charge on any atom is 0.252 e. The molecular weight excluding hydrogens is 352 g/mol. The van der Waals surface area contributed by atoms with Crippen molar-refractivity contribution in [3.05, 3.63) is 53.7 Å². The van der Waals surface area contributed by atoms with Crippen molar-refractivity contribution in [1.29, 1.82) is 0 Å². The number of carbonyl (C=O) groups is 1. The van der Waals surface area contributed by atoms with Crippen LogP contribution in [-0.4, -0.2) is 55.6 Å². The predicted molar refractivity (Wildman–Crippen MR) is 112 cm³/mol. The summed E-state index contributed by atoms with van der Waals surface area (Å²) in [6.45, 7) is 2.82. The number of amides is 1. The van der Waals surface area contributed by atoms with Crippen molar-refractivity contribution in [2.24, 2.45) is 0 Å². The van der Waals surface area contributed by atoms with Crippen molar-refractivity contribution in [1.82, 2.24) is 15.2 Å². The number of benzene rings is 1. The van der Waals surface area contributed by atoms with Crippen LogP contribution in [0.2, 0.25) is 0 Å². The number of rotatable bonds is 8. The van der Waals surface area contributed by atoms with Crippen molar-refractivity contribution in [2.75, 3.05) is 39.1 Å². The van der Waals surface area contributed by atoms with Gasteiger partial charge in [0.2, 0.25) is 0 Å². The van der Waals surface area contributed by atoms with E-state index in [-0.39, 0.29) is 5.91 Å². The fourth-order valence-electron chi connectivity index (χ4n) is 3.50. The number of hydrogen-bond donors (Lipinski definition) is 2. The van der Waals surface area contributed by atoms with E-state index in [1.54, 1.807) is 13.3 Å². The van der Waals surface area contributed by atoms with E-state index in [1.807, 2.05) is 24.3 Å². The monoisotopic (exact) mass is 382 g/mol. The summed E-state index contributed by atoms with van der Waals surface area (Å²) >= 11 is 0. The fraction of sp³-hybridized carbons (Fsp3) is 0.455. The number of likely N-dealkylation sites (tertiary alicyclic amines) is 1. The van der Waals surface area contributed by atoms with Gasteiger partial charge in [0, 0.05) is 25.3 Å². The van der Waals surface area contributed by atoms with Crippen LogP contribution in [0.1, 0.15) is 35.2 Å². The minimum atomic E-state index is -0.0776. The number of pyridine rings is 1. The molecule has 0 radical (unpaired) electrons. The van der Waals surface area contributed by atoms with Crippen LogP contribution in [0.5, 0.6) is 5.75 Å². The molecule has 1 fully saturated rings. The quantitative estimate of drug-likeness (QED) is 0.687. The molecular formula is C22H30N4O2. The van der Waals surface area contributed by atoms with Gasteiger partial charge in [0.15, 0.2) is 0 Å². The predicted octanol–water partition coefficient (Wildman–Crippen LogP) is 2.96.